The minimum Gasteiger partial charge on any atom is -0.493 e. The van der Waals surface area contributed by atoms with Crippen molar-refractivity contribution in [3.05, 3.63) is 29.3 Å². The third kappa shape index (κ3) is 3.22. The van der Waals surface area contributed by atoms with Crippen molar-refractivity contribution in [2.24, 2.45) is 0 Å². The highest BCUT2D eigenvalue weighted by Gasteiger charge is 2.15. The van der Waals surface area contributed by atoms with E-state index in [1.165, 1.54) is 36.8 Å². The lowest BCUT2D eigenvalue weighted by Crippen LogP contribution is -2.25. The van der Waals surface area contributed by atoms with Crippen molar-refractivity contribution in [3.8, 4) is 5.75 Å². The molecule has 17 heavy (non-hydrogen) atoms. The molecule has 94 valence electrons. The van der Waals surface area contributed by atoms with Gasteiger partial charge in [0.05, 0.1) is 6.61 Å². The van der Waals surface area contributed by atoms with Gasteiger partial charge in [-0.05, 0) is 32.3 Å². The lowest BCUT2D eigenvalue weighted by atomic mass is 10.1. The van der Waals surface area contributed by atoms with Crippen LogP contribution in [0.25, 0.3) is 0 Å². The van der Waals surface area contributed by atoms with Gasteiger partial charge in [0.1, 0.15) is 5.75 Å². The second kappa shape index (κ2) is 6.06. The molecule has 2 heteroatoms. The molecule has 2 rings (SSSR count). The SMILES string of the molecule is CCOc1c(C)cccc1CNC1CCCC1. The van der Waals surface area contributed by atoms with Crippen molar-refractivity contribution in [3.63, 3.8) is 0 Å². The lowest BCUT2D eigenvalue weighted by Gasteiger charge is -2.16. The molecular weight excluding hydrogens is 210 g/mol. The Kier molecular flexibility index (Phi) is 4.43. The van der Waals surface area contributed by atoms with Crippen LogP contribution in [0.3, 0.4) is 0 Å². The van der Waals surface area contributed by atoms with E-state index in [0.29, 0.717) is 6.04 Å². The van der Waals surface area contributed by atoms with Crippen LogP contribution in [-0.2, 0) is 6.54 Å². The fraction of sp³-hybridized carbons (Fsp3) is 0.600. The Bertz CT molecular complexity index is 356. The van der Waals surface area contributed by atoms with Crippen LogP contribution in [0, 0.1) is 6.92 Å². The number of hydrogen-bond donors (Lipinski definition) is 1. The Balaban J connectivity index is 2.00. The van der Waals surface area contributed by atoms with Gasteiger partial charge in [-0.15, -0.1) is 0 Å². The van der Waals surface area contributed by atoms with Gasteiger partial charge in [-0.25, -0.2) is 0 Å². The predicted octanol–water partition coefficient (Wildman–Crippen LogP) is 3.43. The topological polar surface area (TPSA) is 21.3 Å². The molecule has 0 amide bonds. The molecule has 1 fully saturated rings. The summed E-state index contributed by atoms with van der Waals surface area (Å²) in [5.41, 5.74) is 2.52. The van der Waals surface area contributed by atoms with E-state index in [2.05, 4.69) is 30.4 Å². The predicted molar refractivity (Wildman–Crippen MR) is 71.4 cm³/mol. The van der Waals surface area contributed by atoms with Crippen molar-refractivity contribution >= 4 is 0 Å². The largest absolute Gasteiger partial charge is 0.493 e. The highest BCUT2D eigenvalue weighted by atomic mass is 16.5. The van der Waals surface area contributed by atoms with Crippen LogP contribution in [0.5, 0.6) is 5.75 Å². The molecule has 0 aliphatic heterocycles. The fourth-order valence-corrected chi connectivity index (χ4v) is 2.59. The average molecular weight is 233 g/mol. The fourth-order valence-electron chi connectivity index (χ4n) is 2.59. The van der Waals surface area contributed by atoms with Gasteiger partial charge in [0.15, 0.2) is 0 Å². The van der Waals surface area contributed by atoms with Crippen LogP contribution >= 0.6 is 0 Å². The van der Waals surface area contributed by atoms with Crippen molar-refractivity contribution in [2.75, 3.05) is 6.61 Å². The molecule has 2 nitrogen and oxygen atoms in total. The van der Waals surface area contributed by atoms with E-state index in [4.69, 9.17) is 4.74 Å². The molecule has 1 saturated carbocycles. The van der Waals surface area contributed by atoms with Crippen molar-refractivity contribution in [2.45, 2.75) is 52.1 Å². The van der Waals surface area contributed by atoms with Crippen LogP contribution < -0.4 is 10.1 Å². The minimum atomic E-state index is 0.713. The summed E-state index contributed by atoms with van der Waals surface area (Å²) in [4.78, 5) is 0. The molecule has 0 spiro atoms. The summed E-state index contributed by atoms with van der Waals surface area (Å²) < 4.78 is 5.74. The number of hydrogen-bond acceptors (Lipinski definition) is 2. The zero-order valence-electron chi connectivity index (χ0n) is 11.0. The average Bonchev–Trinajstić information content (AvgIpc) is 2.83. The molecule has 0 heterocycles. The standard InChI is InChI=1S/C15H23NO/c1-3-17-15-12(2)7-6-8-13(15)11-16-14-9-4-5-10-14/h6-8,14,16H,3-5,9-11H2,1-2H3. The van der Waals surface area contributed by atoms with Crippen LogP contribution in [-0.4, -0.2) is 12.6 Å². The third-order valence-electron chi connectivity index (χ3n) is 3.52. The molecule has 1 aromatic carbocycles. The summed E-state index contributed by atoms with van der Waals surface area (Å²) in [7, 11) is 0. The van der Waals surface area contributed by atoms with Gasteiger partial charge in [-0.1, -0.05) is 31.0 Å². The van der Waals surface area contributed by atoms with Crippen LogP contribution in [0.4, 0.5) is 0 Å². The summed E-state index contributed by atoms with van der Waals surface area (Å²) in [6.45, 7) is 5.83. The Morgan fingerprint density at radius 2 is 2.06 bits per heavy atom. The van der Waals surface area contributed by atoms with Gasteiger partial charge in [-0.3, -0.25) is 0 Å². The molecule has 0 aromatic heterocycles. The number of aryl methyl sites for hydroxylation is 1. The zero-order chi connectivity index (χ0) is 12.1. The monoisotopic (exact) mass is 233 g/mol. The molecule has 1 aliphatic rings. The normalized spacial score (nSPS) is 16.4. The van der Waals surface area contributed by atoms with Gasteiger partial charge in [0, 0.05) is 18.2 Å². The van der Waals surface area contributed by atoms with E-state index >= 15 is 0 Å². The second-order valence-corrected chi connectivity index (χ2v) is 4.86. The first-order valence-electron chi connectivity index (χ1n) is 6.76. The van der Waals surface area contributed by atoms with E-state index in [-0.39, 0.29) is 0 Å². The van der Waals surface area contributed by atoms with Crippen LogP contribution in [0.2, 0.25) is 0 Å². The van der Waals surface area contributed by atoms with Crippen LogP contribution in [0.1, 0.15) is 43.7 Å². The number of para-hydroxylation sites is 1. The van der Waals surface area contributed by atoms with Gasteiger partial charge in [0.25, 0.3) is 0 Å². The number of ether oxygens (including phenoxy) is 1. The molecule has 1 aliphatic carbocycles. The number of benzene rings is 1. The molecule has 0 unspecified atom stereocenters. The van der Waals surface area contributed by atoms with E-state index in [0.717, 1.165) is 18.9 Å². The van der Waals surface area contributed by atoms with Gasteiger partial charge in [-0.2, -0.15) is 0 Å². The lowest BCUT2D eigenvalue weighted by molar-refractivity contribution is 0.332. The highest BCUT2D eigenvalue weighted by Crippen LogP contribution is 2.24. The first-order valence-corrected chi connectivity index (χ1v) is 6.76. The maximum absolute atomic E-state index is 5.74. The van der Waals surface area contributed by atoms with Crippen molar-refractivity contribution in [1.82, 2.24) is 5.32 Å². The minimum absolute atomic E-state index is 0.713. The Morgan fingerprint density at radius 3 is 2.76 bits per heavy atom. The van der Waals surface area contributed by atoms with Gasteiger partial charge >= 0.3 is 0 Å². The Hall–Kier alpha value is -1.02. The number of nitrogens with one attached hydrogen (secondary N) is 1. The first kappa shape index (κ1) is 12.4. The van der Waals surface area contributed by atoms with Gasteiger partial charge < -0.3 is 10.1 Å². The quantitative estimate of drug-likeness (QED) is 0.841. The molecule has 0 bridgehead atoms. The first-order chi connectivity index (χ1) is 8.31. The molecular formula is C15H23NO. The summed E-state index contributed by atoms with van der Waals surface area (Å²) in [5.74, 6) is 1.07. The third-order valence-corrected chi connectivity index (χ3v) is 3.52. The zero-order valence-corrected chi connectivity index (χ0v) is 11.0. The summed E-state index contributed by atoms with van der Waals surface area (Å²) in [6.07, 6.45) is 5.42. The smallest absolute Gasteiger partial charge is 0.126 e. The maximum Gasteiger partial charge on any atom is 0.126 e. The summed E-state index contributed by atoms with van der Waals surface area (Å²) >= 11 is 0. The molecule has 1 aromatic rings. The maximum atomic E-state index is 5.74. The summed E-state index contributed by atoms with van der Waals surface area (Å²) in [6, 6.07) is 7.11. The summed E-state index contributed by atoms with van der Waals surface area (Å²) in [5, 5.41) is 3.64. The van der Waals surface area contributed by atoms with E-state index in [9.17, 15) is 0 Å². The van der Waals surface area contributed by atoms with E-state index in [1.807, 2.05) is 6.92 Å². The molecule has 0 atom stereocenters. The van der Waals surface area contributed by atoms with Gasteiger partial charge in [0.2, 0.25) is 0 Å². The Labute approximate surface area is 104 Å². The van der Waals surface area contributed by atoms with Crippen molar-refractivity contribution in [1.29, 1.82) is 0 Å². The van der Waals surface area contributed by atoms with E-state index in [1.54, 1.807) is 0 Å². The number of rotatable bonds is 5. The Morgan fingerprint density at radius 1 is 1.29 bits per heavy atom. The molecule has 0 saturated heterocycles. The van der Waals surface area contributed by atoms with E-state index < -0.39 is 0 Å². The second-order valence-electron chi connectivity index (χ2n) is 4.86. The highest BCUT2D eigenvalue weighted by molar-refractivity contribution is 5.40. The molecule has 0 radical (unpaired) electrons. The molecule has 1 N–H and O–H groups in total. The van der Waals surface area contributed by atoms with Crippen molar-refractivity contribution < 1.29 is 4.74 Å². The van der Waals surface area contributed by atoms with Crippen LogP contribution in [0.15, 0.2) is 18.2 Å².